The summed E-state index contributed by atoms with van der Waals surface area (Å²) in [5.74, 6) is 1.90. The molecule has 112 valence electrons. The van der Waals surface area contributed by atoms with Gasteiger partial charge in [-0.15, -0.1) is 0 Å². The zero-order valence-electron chi connectivity index (χ0n) is 12.7. The average molecular weight is 281 g/mol. The molecule has 5 heteroatoms. The highest BCUT2D eigenvalue weighted by molar-refractivity contribution is 5.54. The van der Waals surface area contributed by atoms with Gasteiger partial charge >= 0.3 is 0 Å². The second kappa shape index (κ2) is 6.33. The summed E-state index contributed by atoms with van der Waals surface area (Å²) in [7, 11) is 4.83. The molecule has 1 aromatic rings. The highest BCUT2D eigenvalue weighted by atomic mass is 16.5. The van der Waals surface area contributed by atoms with Crippen LogP contribution < -0.4 is 19.5 Å². The van der Waals surface area contributed by atoms with E-state index in [1.54, 1.807) is 21.3 Å². The van der Waals surface area contributed by atoms with E-state index in [-0.39, 0.29) is 12.2 Å². The highest BCUT2D eigenvalue weighted by Gasteiger charge is 2.27. The van der Waals surface area contributed by atoms with Crippen molar-refractivity contribution in [1.29, 1.82) is 0 Å². The van der Waals surface area contributed by atoms with Gasteiger partial charge in [-0.2, -0.15) is 0 Å². The fourth-order valence-corrected chi connectivity index (χ4v) is 2.37. The Bertz CT molecular complexity index is 438. The maximum Gasteiger partial charge on any atom is 0.203 e. The van der Waals surface area contributed by atoms with E-state index in [4.69, 9.17) is 18.9 Å². The van der Waals surface area contributed by atoms with Crippen molar-refractivity contribution in [3.63, 3.8) is 0 Å². The van der Waals surface area contributed by atoms with Gasteiger partial charge in [0.05, 0.1) is 33.5 Å². The Labute approximate surface area is 120 Å². The number of rotatable bonds is 4. The number of ether oxygens (including phenoxy) is 4. The first-order valence-corrected chi connectivity index (χ1v) is 6.79. The molecule has 0 amide bonds. The van der Waals surface area contributed by atoms with E-state index in [0.717, 1.165) is 12.1 Å². The number of methoxy groups -OCH3 is 3. The Balaban J connectivity index is 2.32. The summed E-state index contributed by atoms with van der Waals surface area (Å²) in [5, 5.41) is 3.45. The molecule has 3 unspecified atom stereocenters. The summed E-state index contributed by atoms with van der Waals surface area (Å²) in [5.41, 5.74) is 1.02. The second-order valence-corrected chi connectivity index (χ2v) is 4.99. The Morgan fingerprint density at radius 1 is 1.05 bits per heavy atom. The van der Waals surface area contributed by atoms with Crippen molar-refractivity contribution in [2.24, 2.45) is 0 Å². The van der Waals surface area contributed by atoms with Gasteiger partial charge in [-0.25, -0.2) is 0 Å². The maximum absolute atomic E-state index is 6.04. The smallest absolute Gasteiger partial charge is 0.203 e. The summed E-state index contributed by atoms with van der Waals surface area (Å²) < 4.78 is 22.1. The summed E-state index contributed by atoms with van der Waals surface area (Å²) in [6, 6.07) is 4.24. The topological polar surface area (TPSA) is 49.0 Å². The zero-order chi connectivity index (χ0) is 14.7. The Kier molecular flexibility index (Phi) is 4.73. The van der Waals surface area contributed by atoms with Crippen molar-refractivity contribution in [3.8, 4) is 17.2 Å². The third-order valence-electron chi connectivity index (χ3n) is 3.77. The van der Waals surface area contributed by atoms with Crippen LogP contribution in [-0.2, 0) is 4.74 Å². The normalized spacial score (nSPS) is 26.1. The molecule has 0 radical (unpaired) electrons. The predicted octanol–water partition coefficient (Wildman–Crippen LogP) is 2.15. The Morgan fingerprint density at radius 2 is 1.65 bits per heavy atom. The van der Waals surface area contributed by atoms with E-state index in [0.29, 0.717) is 23.3 Å². The minimum Gasteiger partial charge on any atom is -0.493 e. The highest BCUT2D eigenvalue weighted by Crippen LogP contribution is 2.40. The molecule has 0 aromatic heterocycles. The lowest BCUT2D eigenvalue weighted by atomic mass is 10.0. The molecule has 0 bridgehead atoms. The third kappa shape index (κ3) is 2.83. The predicted molar refractivity (Wildman–Crippen MR) is 76.9 cm³/mol. The van der Waals surface area contributed by atoms with Crippen molar-refractivity contribution in [2.75, 3.05) is 27.9 Å². The van der Waals surface area contributed by atoms with Gasteiger partial charge in [-0.05, 0) is 31.5 Å². The van der Waals surface area contributed by atoms with Crippen LogP contribution in [0.1, 0.15) is 25.5 Å². The average Bonchev–Trinajstić information content (AvgIpc) is 2.48. The SMILES string of the molecule is COc1cc(C2CNC(C)C(C)O2)cc(OC)c1OC. The summed E-state index contributed by atoms with van der Waals surface area (Å²) in [6.07, 6.45) is 0.141. The standard InChI is InChI=1S/C15H23NO4/c1-9-10(2)20-14(8-16-9)11-6-12(17-3)15(19-5)13(7-11)18-4/h6-7,9-10,14,16H,8H2,1-5H3. The molecule has 1 N–H and O–H groups in total. The van der Waals surface area contributed by atoms with Gasteiger partial charge in [0, 0.05) is 12.6 Å². The van der Waals surface area contributed by atoms with Crippen molar-refractivity contribution >= 4 is 0 Å². The van der Waals surface area contributed by atoms with E-state index in [1.165, 1.54) is 0 Å². The molecular formula is C15H23NO4. The summed E-state index contributed by atoms with van der Waals surface area (Å²) in [6.45, 7) is 4.96. The lowest BCUT2D eigenvalue weighted by molar-refractivity contribution is -0.0510. The molecule has 0 spiro atoms. The molecule has 1 fully saturated rings. The lowest BCUT2D eigenvalue weighted by Gasteiger charge is -2.34. The third-order valence-corrected chi connectivity index (χ3v) is 3.77. The van der Waals surface area contributed by atoms with Crippen LogP contribution in [-0.4, -0.2) is 40.0 Å². The van der Waals surface area contributed by atoms with Gasteiger partial charge in [0.25, 0.3) is 0 Å². The molecule has 1 aromatic carbocycles. The maximum atomic E-state index is 6.04. The number of hydrogen-bond donors (Lipinski definition) is 1. The first kappa shape index (κ1) is 14.9. The van der Waals surface area contributed by atoms with E-state index < -0.39 is 0 Å². The van der Waals surface area contributed by atoms with E-state index >= 15 is 0 Å². The van der Waals surface area contributed by atoms with Crippen LogP contribution in [0, 0.1) is 0 Å². The van der Waals surface area contributed by atoms with Crippen molar-refractivity contribution < 1.29 is 18.9 Å². The van der Waals surface area contributed by atoms with Crippen molar-refractivity contribution in [1.82, 2.24) is 5.32 Å². The molecule has 5 nitrogen and oxygen atoms in total. The fourth-order valence-electron chi connectivity index (χ4n) is 2.37. The van der Waals surface area contributed by atoms with Crippen LogP contribution in [0.5, 0.6) is 17.2 Å². The second-order valence-electron chi connectivity index (χ2n) is 4.99. The molecule has 1 aliphatic heterocycles. The molecule has 1 saturated heterocycles. The van der Waals surface area contributed by atoms with Crippen molar-refractivity contribution in [2.45, 2.75) is 32.1 Å². The first-order chi connectivity index (χ1) is 9.60. The molecule has 1 aliphatic rings. The van der Waals surface area contributed by atoms with E-state index in [2.05, 4.69) is 19.2 Å². The monoisotopic (exact) mass is 281 g/mol. The molecule has 20 heavy (non-hydrogen) atoms. The minimum atomic E-state index is -0.0186. The summed E-state index contributed by atoms with van der Waals surface area (Å²) >= 11 is 0. The minimum absolute atomic E-state index is 0.0186. The number of morpholine rings is 1. The van der Waals surface area contributed by atoms with Gasteiger partial charge in [-0.1, -0.05) is 0 Å². The molecule has 1 heterocycles. The van der Waals surface area contributed by atoms with Gasteiger partial charge < -0.3 is 24.3 Å². The molecule has 3 atom stereocenters. The van der Waals surface area contributed by atoms with Gasteiger partial charge in [0.1, 0.15) is 0 Å². The molecule has 0 aliphatic carbocycles. The number of nitrogens with one attached hydrogen (secondary N) is 1. The quantitative estimate of drug-likeness (QED) is 0.916. The molecular weight excluding hydrogens is 258 g/mol. The number of hydrogen-bond acceptors (Lipinski definition) is 5. The lowest BCUT2D eigenvalue weighted by Crippen LogP contribution is -2.46. The van der Waals surface area contributed by atoms with Crippen LogP contribution in [0.4, 0.5) is 0 Å². The first-order valence-electron chi connectivity index (χ1n) is 6.79. The largest absolute Gasteiger partial charge is 0.493 e. The summed E-state index contributed by atoms with van der Waals surface area (Å²) in [4.78, 5) is 0. The Morgan fingerprint density at radius 3 is 2.10 bits per heavy atom. The van der Waals surface area contributed by atoms with Crippen LogP contribution in [0.2, 0.25) is 0 Å². The molecule has 2 rings (SSSR count). The molecule has 0 saturated carbocycles. The zero-order valence-corrected chi connectivity index (χ0v) is 12.7. The van der Waals surface area contributed by atoms with Gasteiger partial charge in [0.2, 0.25) is 5.75 Å². The van der Waals surface area contributed by atoms with E-state index in [9.17, 15) is 0 Å². The van der Waals surface area contributed by atoms with Crippen LogP contribution in [0.15, 0.2) is 12.1 Å². The van der Waals surface area contributed by atoms with Gasteiger partial charge in [0.15, 0.2) is 11.5 Å². The van der Waals surface area contributed by atoms with Crippen LogP contribution >= 0.6 is 0 Å². The fraction of sp³-hybridized carbons (Fsp3) is 0.600. The van der Waals surface area contributed by atoms with Crippen LogP contribution in [0.3, 0.4) is 0 Å². The van der Waals surface area contributed by atoms with Crippen LogP contribution in [0.25, 0.3) is 0 Å². The van der Waals surface area contributed by atoms with E-state index in [1.807, 2.05) is 12.1 Å². The Hall–Kier alpha value is -1.46. The van der Waals surface area contributed by atoms with Gasteiger partial charge in [-0.3, -0.25) is 0 Å². The number of benzene rings is 1. The van der Waals surface area contributed by atoms with Crippen molar-refractivity contribution in [3.05, 3.63) is 17.7 Å².